The van der Waals surface area contributed by atoms with Crippen LogP contribution in [-0.2, 0) is 9.53 Å². The molecule has 1 N–H and O–H groups in total. The molecule has 0 aromatic heterocycles. The summed E-state index contributed by atoms with van der Waals surface area (Å²) < 4.78 is 5.37. The molecule has 0 spiro atoms. The smallest absolute Gasteiger partial charge is 0.229 e. The summed E-state index contributed by atoms with van der Waals surface area (Å²) in [6, 6.07) is 8.20. The molecular formula is C16H22N2O2S. The van der Waals surface area contributed by atoms with Gasteiger partial charge in [-0.2, -0.15) is 11.8 Å². The number of hydrogen-bond acceptors (Lipinski definition) is 4. The lowest BCUT2D eigenvalue weighted by Crippen LogP contribution is -2.32. The lowest BCUT2D eigenvalue weighted by Gasteiger charge is -2.28. The van der Waals surface area contributed by atoms with Crippen molar-refractivity contribution in [3.63, 3.8) is 0 Å². The molecule has 114 valence electrons. The molecule has 1 atom stereocenters. The average molecular weight is 306 g/mol. The van der Waals surface area contributed by atoms with Crippen molar-refractivity contribution in [1.29, 1.82) is 0 Å². The van der Waals surface area contributed by atoms with E-state index < -0.39 is 0 Å². The molecule has 2 aliphatic heterocycles. The van der Waals surface area contributed by atoms with Crippen LogP contribution in [0, 0.1) is 5.92 Å². The van der Waals surface area contributed by atoms with E-state index in [0.29, 0.717) is 6.61 Å². The van der Waals surface area contributed by atoms with Gasteiger partial charge in [-0.1, -0.05) is 0 Å². The van der Waals surface area contributed by atoms with Crippen LogP contribution in [0.1, 0.15) is 12.8 Å². The van der Waals surface area contributed by atoms with Gasteiger partial charge in [0, 0.05) is 42.6 Å². The third-order valence-corrected chi connectivity index (χ3v) is 4.98. The van der Waals surface area contributed by atoms with Crippen molar-refractivity contribution in [3.8, 4) is 0 Å². The number of nitrogens with one attached hydrogen (secondary N) is 1. The summed E-state index contributed by atoms with van der Waals surface area (Å²) in [6.07, 6.45) is 1.90. The van der Waals surface area contributed by atoms with E-state index in [1.54, 1.807) is 0 Å². The Morgan fingerprint density at radius 2 is 2.00 bits per heavy atom. The van der Waals surface area contributed by atoms with E-state index in [4.69, 9.17) is 4.74 Å². The second-order valence-electron chi connectivity index (χ2n) is 5.55. The van der Waals surface area contributed by atoms with Crippen LogP contribution in [0.25, 0.3) is 0 Å². The van der Waals surface area contributed by atoms with Crippen molar-refractivity contribution in [2.24, 2.45) is 5.92 Å². The van der Waals surface area contributed by atoms with Crippen LogP contribution in [-0.4, -0.2) is 43.7 Å². The van der Waals surface area contributed by atoms with Crippen LogP contribution in [0.5, 0.6) is 0 Å². The molecule has 1 amide bonds. The van der Waals surface area contributed by atoms with Crippen LogP contribution in [0.2, 0.25) is 0 Å². The second kappa shape index (κ2) is 7.18. The number of nitrogens with zero attached hydrogens (tertiary/aromatic N) is 1. The highest BCUT2D eigenvalue weighted by molar-refractivity contribution is 7.99. The van der Waals surface area contributed by atoms with Crippen molar-refractivity contribution in [2.75, 3.05) is 48.0 Å². The standard InChI is InChI=1S/C16H22N2O2S/c19-16(13-2-1-9-20-12-13)17-14-3-5-15(6-4-14)18-7-10-21-11-8-18/h3-6,13H,1-2,7-12H2,(H,17,19)/t13-/m0/s1. The van der Waals surface area contributed by atoms with Gasteiger partial charge in [0.1, 0.15) is 0 Å². The molecule has 2 heterocycles. The van der Waals surface area contributed by atoms with Gasteiger partial charge >= 0.3 is 0 Å². The predicted octanol–water partition coefficient (Wildman–Crippen LogP) is 2.60. The lowest BCUT2D eigenvalue weighted by atomic mass is 10.0. The maximum Gasteiger partial charge on any atom is 0.229 e. The van der Waals surface area contributed by atoms with Gasteiger partial charge in [-0.3, -0.25) is 4.79 Å². The van der Waals surface area contributed by atoms with Gasteiger partial charge in [0.05, 0.1) is 12.5 Å². The molecule has 0 radical (unpaired) electrons. The molecule has 2 saturated heterocycles. The van der Waals surface area contributed by atoms with E-state index in [2.05, 4.69) is 22.3 Å². The largest absolute Gasteiger partial charge is 0.381 e. The number of carbonyl (C=O) groups is 1. The monoisotopic (exact) mass is 306 g/mol. The molecular weight excluding hydrogens is 284 g/mol. The number of thioether (sulfide) groups is 1. The molecule has 0 bridgehead atoms. The second-order valence-corrected chi connectivity index (χ2v) is 6.77. The highest BCUT2D eigenvalue weighted by atomic mass is 32.2. The summed E-state index contributed by atoms with van der Waals surface area (Å²) in [4.78, 5) is 14.5. The van der Waals surface area contributed by atoms with Crippen LogP contribution < -0.4 is 10.2 Å². The molecule has 4 nitrogen and oxygen atoms in total. The minimum absolute atomic E-state index is 0.00227. The number of ether oxygens (including phenoxy) is 1. The van der Waals surface area contributed by atoms with E-state index >= 15 is 0 Å². The number of anilines is 2. The quantitative estimate of drug-likeness (QED) is 0.932. The maximum atomic E-state index is 12.1. The van der Waals surface area contributed by atoms with Gasteiger partial charge in [-0.25, -0.2) is 0 Å². The first-order valence-corrected chi connectivity index (χ1v) is 8.80. The van der Waals surface area contributed by atoms with Crippen LogP contribution >= 0.6 is 11.8 Å². The Bertz CT molecular complexity index is 466. The molecule has 0 aliphatic carbocycles. The first kappa shape index (κ1) is 14.7. The molecule has 5 heteroatoms. The van der Waals surface area contributed by atoms with E-state index in [0.717, 1.165) is 38.2 Å². The average Bonchev–Trinajstić information content (AvgIpc) is 2.57. The summed E-state index contributed by atoms with van der Waals surface area (Å²) in [6.45, 7) is 3.55. The summed E-state index contributed by atoms with van der Waals surface area (Å²) in [5.74, 6) is 2.47. The molecule has 1 aromatic carbocycles. The Morgan fingerprint density at radius 1 is 1.24 bits per heavy atom. The van der Waals surface area contributed by atoms with Gasteiger partial charge in [0.15, 0.2) is 0 Å². The minimum Gasteiger partial charge on any atom is -0.381 e. The summed E-state index contributed by atoms with van der Waals surface area (Å²) >= 11 is 2.01. The van der Waals surface area contributed by atoms with Gasteiger partial charge in [0.2, 0.25) is 5.91 Å². The highest BCUT2D eigenvalue weighted by Crippen LogP contribution is 2.22. The molecule has 1 aromatic rings. The van der Waals surface area contributed by atoms with Crippen LogP contribution in [0.15, 0.2) is 24.3 Å². The van der Waals surface area contributed by atoms with Crippen LogP contribution in [0.3, 0.4) is 0 Å². The predicted molar refractivity (Wildman–Crippen MR) is 88.2 cm³/mol. The summed E-state index contributed by atoms with van der Waals surface area (Å²) in [5, 5.41) is 3.00. The first-order chi connectivity index (χ1) is 10.3. The lowest BCUT2D eigenvalue weighted by molar-refractivity contribution is -0.123. The third kappa shape index (κ3) is 3.92. The highest BCUT2D eigenvalue weighted by Gasteiger charge is 2.21. The zero-order valence-corrected chi connectivity index (χ0v) is 13.0. The summed E-state index contributed by atoms with van der Waals surface area (Å²) in [5.41, 5.74) is 2.12. The van der Waals surface area contributed by atoms with Gasteiger partial charge < -0.3 is 15.0 Å². The van der Waals surface area contributed by atoms with Crippen molar-refractivity contribution >= 4 is 29.0 Å². The fraction of sp³-hybridized carbons (Fsp3) is 0.562. The number of rotatable bonds is 3. The van der Waals surface area contributed by atoms with Gasteiger partial charge in [0.25, 0.3) is 0 Å². The van der Waals surface area contributed by atoms with Crippen molar-refractivity contribution < 1.29 is 9.53 Å². The van der Waals surface area contributed by atoms with E-state index in [9.17, 15) is 4.79 Å². The van der Waals surface area contributed by atoms with Crippen LogP contribution in [0.4, 0.5) is 11.4 Å². The van der Waals surface area contributed by atoms with Crippen molar-refractivity contribution in [2.45, 2.75) is 12.8 Å². The van der Waals surface area contributed by atoms with Gasteiger partial charge in [-0.15, -0.1) is 0 Å². The normalized spacial score (nSPS) is 22.9. The van der Waals surface area contributed by atoms with E-state index in [-0.39, 0.29) is 11.8 Å². The zero-order valence-electron chi connectivity index (χ0n) is 12.2. The van der Waals surface area contributed by atoms with E-state index in [1.807, 2.05) is 23.9 Å². The third-order valence-electron chi connectivity index (χ3n) is 4.04. The maximum absolute atomic E-state index is 12.1. The Labute approximate surface area is 130 Å². The number of carbonyl (C=O) groups excluding carboxylic acids is 1. The Hall–Kier alpha value is -1.20. The molecule has 0 saturated carbocycles. The topological polar surface area (TPSA) is 41.6 Å². The fourth-order valence-electron chi connectivity index (χ4n) is 2.77. The minimum atomic E-state index is -0.00227. The summed E-state index contributed by atoms with van der Waals surface area (Å²) in [7, 11) is 0. The Morgan fingerprint density at radius 3 is 2.67 bits per heavy atom. The number of benzene rings is 1. The Kier molecular flexibility index (Phi) is 5.04. The molecule has 0 unspecified atom stereocenters. The fourth-order valence-corrected chi connectivity index (χ4v) is 3.67. The SMILES string of the molecule is O=C(Nc1ccc(N2CCSCC2)cc1)[C@H]1CCCOC1. The van der Waals surface area contributed by atoms with Crippen molar-refractivity contribution in [3.05, 3.63) is 24.3 Å². The van der Waals surface area contributed by atoms with E-state index in [1.165, 1.54) is 17.2 Å². The number of amides is 1. The molecule has 21 heavy (non-hydrogen) atoms. The first-order valence-electron chi connectivity index (χ1n) is 7.64. The zero-order chi connectivity index (χ0) is 14.5. The van der Waals surface area contributed by atoms with Gasteiger partial charge in [-0.05, 0) is 37.1 Å². The number of hydrogen-bond donors (Lipinski definition) is 1. The molecule has 3 rings (SSSR count). The molecule has 2 fully saturated rings. The molecule has 2 aliphatic rings. The van der Waals surface area contributed by atoms with Crippen molar-refractivity contribution in [1.82, 2.24) is 0 Å². The Balaban J connectivity index is 1.57.